The largest absolute Gasteiger partial charge is 0.478 e. The van der Waals surface area contributed by atoms with Gasteiger partial charge in [-0.1, -0.05) is 18.2 Å². The smallest absolute Gasteiger partial charge is 0.336 e. The number of aromatic carboxylic acids is 1. The second-order valence-corrected chi connectivity index (χ2v) is 5.98. The Labute approximate surface area is 120 Å². The standard InChI is InChI=1S/C16H22N2O2/c19-16(20)15-4-2-1-3-14(15)12-18-9-7-17(8-10-18)11-13-5-6-13/h1-4,13H,5-12H2,(H,19,20). The highest BCUT2D eigenvalue weighted by Gasteiger charge is 2.26. The normalized spacial score (nSPS) is 21.0. The fourth-order valence-electron chi connectivity index (χ4n) is 2.90. The molecule has 3 rings (SSSR count). The molecule has 1 N–H and O–H groups in total. The van der Waals surface area contributed by atoms with Gasteiger partial charge in [0.25, 0.3) is 0 Å². The number of carboxylic acid groups (broad SMARTS) is 1. The van der Waals surface area contributed by atoms with E-state index < -0.39 is 5.97 Å². The summed E-state index contributed by atoms with van der Waals surface area (Å²) in [6, 6.07) is 7.34. The van der Waals surface area contributed by atoms with E-state index in [1.807, 2.05) is 12.1 Å². The number of piperazine rings is 1. The van der Waals surface area contributed by atoms with Crippen LogP contribution in [0.15, 0.2) is 24.3 Å². The van der Waals surface area contributed by atoms with Gasteiger partial charge in [-0.3, -0.25) is 4.90 Å². The van der Waals surface area contributed by atoms with Crippen molar-refractivity contribution in [2.45, 2.75) is 19.4 Å². The van der Waals surface area contributed by atoms with Gasteiger partial charge in [0.05, 0.1) is 5.56 Å². The number of hydrogen-bond donors (Lipinski definition) is 1. The fourth-order valence-corrected chi connectivity index (χ4v) is 2.90. The molecule has 4 nitrogen and oxygen atoms in total. The SMILES string of the molecule is O=C(O)c1ccccc1CN1CCN(CC2CC2)CC1. The van der Waals surface area contributed by atoms with Crippen LogP contribution in [0.2, 0.25) is 0 Å². The van der Waals surface area contributed by atoms with Crippen molar-refractivity contribution < 1.29 is 9.90 Å². The van der Waals surface area contributed by atoms with E-state index in [0.717, 1.165) is 44.2 Å². The summed E-state index contributed by atoms with van der Waals surface area (Å²) in [5.74, 6) is 0.127. The van der Waals surface area contributed by atoms with Gasteiger partial charge in [-0.2, -0.15) is 0 Å². The third-order valence-electron chi connectivity index (χ3n) is 4.32. The number of hydrogen-bond acceptors (Lipinski definition) is 3. The molecule has 1 aromatic rings. The van der Waals surface area contributed by atoms with Gasteiger partial charge in [0.15, 0.2) is 0 Å². The molecule has 2 fully saturated rings. The van der Waals surface area contributed by atoms with E-state index in [-0.39, 0.29) is 0 Å². The van der Waals surface area contributed by atoms with Crippen LogP contribution in [0.3, 0.4) is 0 Å². The highest BCUT2D eigenvalue weighted by atomic mass is 16.4. The molecule has 0 radical (unpaired) electrons. The molecule has 1 aromatic carbocycles. The first-order chi connectivity index (χ1) is 9.72. The van der Waals surface area contributed by atoms with E-state index in [2.05, 4.69) is 9.80 Å². The molecule has 2 aliphatic rings. The van der Waals surface area contributed by atoms with Crippen molar-refractivity contribution in [3.05, 3.63) is 35.4 Å². The molecule has 108 valence electrons. The van der Waals surface area contributed by atoms with Crippen LogP contribution in [0.25, 0.3) is 0 Å². The summed E-state index contributed by atoms with van der Waals surface area (Å²) in [6.45, 7) is 6.33. The van der Waals surface area contributed by atoms with Crippen molar-refractivity contribution in [2.75, 3.05) is 32.7 Å². The Hall–Kier alpha value is -1.39. The van der Waals surface area contributed by atoms with Crippen molar-refractivity contribution in [3.63, 3.8) is 0 Å². The molecule has 0 spiro atoms. The Morgan fingerprint density at radius 2 is 1.75 bits per heavy atom. The van der Waals surface area contributed by atoms with Gasteiger partial charge < -0.3 is 10.0 Å². The van der Waals surface area contributed by atoms with Crippen LogP contribution in [0.1, 0.15) is 28.8 Å². The Bertz CT molecular complexity index is 477. The second kappa shape index (κ2) is 5.94. The van der Waals surface area contributed by atoms with E-state index in [4.69, 9.17) is 0 Å². The first kappa shape index (κ1) is 13.6. The summed E-state index contributed by atoms with van der Waals surface area (Å²) in [4.78, 5) is 16.1. The number of rotatable bonds is 5. The fraction of sp³-hybridized carbons (Fsp3) is 0.562. The second-order valence-electron chi connectivity index (χ2n) is 5.98. The van der Waals surface area contributed by atoms with Gasteiger partial charge in [0.2, 0.25) is 0 Å². The summed E-state index contributed by atoms with van der Waals surface area (Å²) in [7, 11) is 0. The number of nitrogens with zero attached hydrogens (tertiary/aromatic N) is 2. The van der Waals surface area contributed by atoms with Gasteiger partial charge in [-0.25, -0.2) is 4.79 Å². The van der Waals surface area contributed by atoms with E-state index in [1.54, 1.807) is 12.1 Å². The average Bonchev–Trinajstić information content (AvgIpc) is 3.25. The van der Waals surface area contributed by atoms with Crippen molar-refractivity contribution >= 4 is 5.97 Å². The van der Waals surface area contributed by atoms with Crippen LogP contribution in [-0.2, 0) is 6.54 Å². The Kier molecular flexibility index (Phi) is 4.03. The highest BCUT2D eigenvalue weighted by molar-refractivity contribution is 5.89. The lowest BCUT2D eigenvalue weighted by molar-refractivity contribution is 0.0692. The molecule has 4 heteroatoms. The lowest BCUT2D eigenvalue weighted by Crippen LogP contribution is -2.46. The van der Waals surface area contributed by atoms with Crippen molar-refractivity contribution in [1.29, 1.82) is 0 Å². The topological polar surface area (TPSA) is 43.8 Å². The lowest BCUT2D eigenvalue weighted by Gasteiger charge is -2.35. The van der Waals surface area contributed by atoms with E-state index in [0.29, 0.717) is 5.56 Å². The molecule has 0 unspecified atom stereocenters. The molecule has 1 saturated carbocycles. The average molecular weight is 274 g/mol. The van der Waals surface area contributed by atoms with Crippen molar-refractivity contribution in [3.8, 4) is 0 Å². The van der Waals surface area contributed by atoms with Gasteiger partial charge in [0.1, 0.15) is 0 Å². The van der Waals surface area contributed by atoms with Crippen LogP contribution < -0.4 is 0 Å². The van der Waals surface area contributed by atoms with E-state index >= 15 is 0 Å². The summed E-state index contributed by atoms with van der Waals surface area (Å²) < 4.78 is 0. The van der Waals surface area contributed by atoms with Crippen molar-refractivity contribution in [1.82, 2.24) is 9.80 Å². The monoisotopic (exact) mass is 274 g/mol. The first-order valence-corrected chi connectivity index (χ1v) is 7.48. The Balaban J connectivity index is 1.55. The maximum Gasteiger partial charge on any atom is 0.336 e. The van der Waals surface area contributed by atoms with Crippen LogP contribution >= 0.6 is 0 Å². The molecular weight excluding hydrogens is 252 g/mol. The van der Waals surface area contributed by atoms with Crippen LogP contribution in [0.4, 0.5) is 0 Å². The third kappa shape index (κ3) is 3.38. The van der Waals surface area contributed by atoms with Gasteiger partial charge in [0, 0.05) is 39.3 Å². The molecule has 1 aliphatic heterocycles. The van der Waals surface area contributed by atoms with Crippen LogP contribution in [-0.4, -0.2) is 53.6 Å². The number of carboxylic acids is 1. The number of carbonyl (C=O) groups is 1. The van der Waals surface area contributed by atoms with Crippen LogP contribution in [0, 0.1) is 5.92 Å². The zero-order chi connectivity index (χ0) is 13.9. The lowest BCUT2D eigenvalue weighted by atomic mass is 10.1. The molecule has 0 atom stereocenters. The molecule has 0 aromatic heterocycles. The predicted molar refractivity (Wildman–Crippen MR) is 77.8 cm³/mol. The molecule has 0 bridgehead atoms. The zero-order valence-electron chi connectivity index (χ0n) is 11.8. The zero-order valence-corrected chi connectivity index (χ0v) is 11.8. The van der Waals surface area contributed by atoms with Gasteiger partial charge in [-0.15, -0.1) is 0 Å². The Morgan fingerprint density at radius 3 is 2.40 bits per heavy atom. The summed E-state index contributed by atoms with van der Waals surface area (Å²) in [5, 5.41) is 9.22. The summed E-state index contributed by atoms with van der Waals surface area (Å²) in [5.41, 5.74) is 1.36. The van der Waals surface area contributed by atoms with Crippen LogP contribution in [0.5, 0.6) is 0 Å². The highest BCUT2D eigenvalue weighted by Crippen LogP contribution is 2.30. The Morgan fingerprint density at radius 1 is 1.10 bits per heavy atom. The van der Waals surface area contributed by atoms with Gasteiger partial charge >= 0.3 is 5.97 Å². The minimum absolute atomic E-state index is 0.438. The van der Waals surface area contributed by atoms with E-state index in [9.17, 15) is 9.90 Å². The van der Waals surface area contributed by atoms with Gasteiger partial charge in [-0.05, 0) is 30.4 Å². The summed E-state index contributed by atoms with van der Waals surface area (Å²) in [6.07, 6.45) is 2.82. The summed E-state index contributed by atoms with van der Waals surface area (Å²) >= 11 is 0. The van der Waals surface area contributed by atoms with E-state index in [1.165, 1.54) is 19.4 Å². The van der Waals surface area contributed by atoms with Crippen molar-refractivity contribution in [2.24, 2.45) is 5.92 Å². The molecule has 1 heterocycles. The molecule has 20 heavy (non-hydrogen) atoms. The minimum Gasteiger partial charge on any atom is -0.478 e. The third-order valence-corrected chi connectivity index (χ3v) is 4.32. The quantitative estimate of drug-likeness (QED) is 0.891. The maximum atomic E-state index is 11.2. The minimum atomic E-state index is -0.826. The maximum absolute atomic E-state index is 11.2. The number of benzene rings is 1. The molecule has 1 saturated heterocycles. The predicted octanol–water partition coefficient (Wildman–Crippen LogP) is 1.91. The molecular formula is C16H22N2O2. The molecule has 1 aliphatic carbocycles. The molecule has 0 amide bonds. The first-order valence-electron chi connectivity index (χ1n) is 7.48.